The molecule has 0 bridgehead atoms. The van der Waals surface area contributed by atoms with Crippen LogP contribution < -0.4 is 0 Å². The Kier molecular flexibility index (Phi) is 6.22. The highest BCUT2D eigenvalue weighted by atomic mass is 14.1. The average molecular weight is 351 g/mol. The second-order valence-corrected chi connectivity index (χ2v) is 6.70. The van der Waals surface area contributed by atoms with Crippen LogP contribution in [0.5, 0.6) is 0 Å². The lowest BCUT2D eigenvalue weighted by atomic mass is 9.92. The molecule has 0 atom stereocenters. The molecule has 0 saturated carbocycles. The predicted molar refractivity (Wildman–Crippen MR) is 119 cm³/mol. The zero-order chi connectivity index (χ0) is 19.1. The molecule has 0 aliphatic heterocycles. The van der Waals surface area contributed by atoms with E-state index in [0.29, 0.717) is 0 Å². The molecule has 3 aromatic carbocycles. The lowest BCUT2D eigenvalue weighted by Gasteiger charge is -2.12. The first-order valence-electron chi connectivity index (χ1n) is 9.43. The van der Waals surface area contributed by atoms with Gasteiger partial charge in [-0.25, -0.2) is 0 Å². The number of hydrogen-bond donors (Lipinski definition) is 0. The van der Waals surface area contributed by atoms with Gasteiger partial charge in [0.05, 0.1) is 0 Å². The fourth-order valence-electron chi connectivity index (χ4n) is 3.30. The molecule has 0 saturated heterocycles. The van der Waals surface area contributed by atoms with Crippen molar-refractivity contribution in [2.75, 3.05) is 0 Å². The topological polar surface area (TPSA) is 0 Å². The number of rotatable bonds is 5. The van der Waals surface area contributed by atoms with Gasteiger partial charge in [-0.15, -0.1) is 0 Å². The summed E-state index contributed by atoms with van der Waals surface area (Å²) < 4.78 is 0. The van der Waals surface area contributed by atoms with E-state index in [0.717, 1.165) is 0 Å². The van der Waals surface area contributed by atoms with Crippen LogP contribution in [0.4, 0.5) is 0 Å². The van der Waals surface area contributed by atoms with E-state index in [9.17, 15) is 0 Å². The van der Waals surface area contributed by atoms with Gasteiger partial charge in [0.25, 0.3) is 0 Å². The van der Waals surface area contributed by atoms with Crippen LogP contribution in [0, 0.1) is 6.92 Å². The van der Waals surface area contributed by atoms with Gasteiger partial charge < -0.3 is 0 Å². The second kappa shape index (κ2) is 9.00. The van der Waals surface area contributed by atoms with Crippen molar-refractivity contribution in [2.45, 2.75) is 20.8 Å². The van der Waals surface area contributed by atoms with Crippen LogP contribution in [0.3, 0.4) is 0 Å². The first-order valence-corrected chi connectivity index (χ1v) is 9.43. The molecule has 0 heterocycles. The largest absolute Gasteiger partial charge is 0.0870 e. The van der Waals surface area contributed by atoms with E-state index in [1.165, 1.54) is 39.0 Å². The Bertz CT molecular complexity index is 985. The summed E-state index contributed by atoms with van der Waals surface area (Å²) in [5.41, 5.74) is 8.85. The van der Waals surface area contributed by atoms with E-state index < -0.39 is 0 Å². The molecule has 0 spiro atoms. The third kappa shape index (κ3) is 4.54. The summed E-state index contributed by atoms with van der Waals surface area (Å²) in [5.74, 6) is 0. The van der Waals surface area contributed by atoms with Crippen molar-refractivity contribution in [3.05, 3.63) is 120 Å². The molecule has 0 nitrogen and oxygen atoms in total. The van der Waals surface area contributed by atoms with Crippen molar-refractivity contribution in [3.8, 4) is 11.1 Å². The smallest absolute Gasteiger partial charge is 0.0106 e. The standard InChI is InChI=1S/C27H26/c1-4-12-23(24-14-6-5-7-15-24)20-19-22(3)26-17-10-11-18-27(26)25-16-9-8-13-21(25)2/h4-20H,1-3H3/b12-4-,22-19+,23-20+. The fourth-order valence-corrected chi connectivity index (χ4v) is 3.30. The van der Waals surface area contributed by atoms with Crippen molar-refractivity contribution < 1.29 is 0 Å². The normalized spacial score (nSPS) is 12.6. The zero-order valence-corrected chi connectivity index (χ0v) is 16.3. The molecule has 0 unspecified atom stereocenters. The summed E-state index contributed by atoms with van der Waals surface area (Å²) in [7, 11) is 0. The van der Waals surface area contributed by atoms with Gasteiger partial charge in [-0.2, -0.15) is 0 Å². The Hall–Kier alpha value is -3.12. The van der Waals surface area contributed by atoms with E-state index in [-0.39, 0.29) is 0 Å². The molecule has 3 rings (SSSR count). The minimum Gasteiger partial charge on any atom is -0.0870 e. The highest BCUT2D eigenvalue weighted by molar-refractivity contribution is 5.84. The average Bonchev–Trinajstić information content (AvgIpc) is 2.72. The predicted octanol–water partition coefficient (Wildman–Crippen LogP) is 7.73. The molecule has 0 heteroatoms. The van der Waals surface area contributed by atoms with Gasteiger partial charge in [-0.05, 0) is 59.7 Å². The van der Waals surface area contributed by atoms with Gasteiger partial charge in [-0.3, -0.25) is 0 Å². The summed E-state index contributed by atoms with van der Waals surface area (Å²) in [5, 5.41) is 0. The van der Waals surface area contributed by atoms with Gasteiger partial charge >= 0.3 is 0 Å². The number of hydrogen-bond acceptors (Lipinski definition) is 0. The lowest BCUT2D eigenvalue weighted by Crippen LogP contribution is -1.89. The monoisotopic (exact) mass is 350 g/mol. The molecule has 0 N–H and O–H groups in total. The second-order valence-electron chi connectivity index (χ2n) is 6.70. The van der Waals surface area contributed by atoms with Gasteiger partial charge in [-0.1, -0.05) is 103 Å². The molecule has 27 heavy (non-hydrogen) atoms. The zero-order valence-electron chi connectivity index (χ0n) is 16.3. The molecule has 3 aromatic rings. The Balaban J connectivity index is 2.03. The van der Waals surface area contributed by atoms with Gasteiger partial charge in [0.1, 0.15) is 0 Å². The molecule has 0 amide bonds. The van der Waals surface area contributed by atoms with Gasteiger partial charge in [0.15, 0.2) is 0 Å². The molecular weight excluding hydrogens is 324 g/mol. The quantitative estimate of drug-likeness (QED) is 0.413. The highest BCUT2D eigenvalue weighted by Crippen LogP contribution is 2.31. The highest BCUT2D eigenvalue weighted by Gasteiger charge is 2.07. The summed E-state index contributed by atoms with van der Waals surface area (Å²) in [6.07, 6.45) is 8.67. The molecule has 0 radical (unpaired) electrons. The van der Waals surface area contributed by atoms with Gasteiger partial charge in [0, 0.05) is 0 Å². The van der Waals surface area contributed by atoms with E-state index in [2.05, 4.69) is 124 Å². The molecular formula is C27H26. The third-order valence-electron chi connectivity index (χ3n) is 4.75. The summed E-state index contributed by atoms with van der Waals surface area (Å²) in [6, 6.07) is 27.7. The lowest BCUT2D eigenvalue weighted by molar-refractivity contribution is 1.44. The molecule has 0 aromatic heterocycles. The van der Waals surface area contributed by atoms with E-state index in [1.54, 1.807) is 0 Å². The number of benzene rings is 3. The first-order chi connectivity index (χ1) is 13.2. The SMILES string of the molecule is C\C=C/C(=C\C=C(/C)c1ccccc1-c1ccccc1C)c1ccccc1. The molecule has 0 aliphatic rings. The Morgan fingerprint density at radius 2 is 1.33 bits per heavy atom. The fraction of sp³-hybridized carbons (Fsp3) is 0.111. The maximum atomic E-state index is 2.22. The summed E-state index contributed by atoms with van der Waals surface area (Å²) >= 11 is 0. The summed E-state index contributed by atoms with van der Waals surface area (Å²) in [4.78, 5) is 0. The van der Waals surface area contributed by atoms with Crippen LogP contribution in [0.2, 0.25) is 0 Å². The Labute approximate surface area is 163 Å². The van der Waals surface area contributed by atoms with Crippen LogP contribution >= 0.6 is 0 Å². The maximum Gasteiger partial charge on any atom is -0.0106 e. The van der Waals surface area contributed by atoms with Crippen molar-refractivity contribution in [2.24, 2.45) is 0 Å². The Morgan fingerprint density at radius 3 is 2.04 bits per heavy atom. The van der Waals surface area contributed by atoms with E-state index in [1.807, 2.05) is 0 Å². The van der Waals surface area contributed by atoms with Crippen molar-refractivity contribution in [1.29, 1.82) is 0 Å². The number of aryl methyl sites for hydroxylation is 1. The van der Waals surface area contributed by atoms with E-state index in [4.69, 9.17) is 0 Å². The van der Waals surface area contributed by atoms with Crippen LogP contribution in [0.25, 0.3) is 22.3 Å². The minimum atomic E-state index is 1.21. The van der Waals surface area contributed by atoms with Crippen LogP contribution in [0.15, 0.2) is 103 Å². The molecule has 0 fully saturated rings. The molecule has 0 aliphatic carbocycles. The minimum absolute atomic E-state index is 1.21. The van der Waals surface area contributed by atoms with Crippen LogP contribution in [-0.2, 0) is 0 Å². The molecule has 134 valence electrons. The first kappa shape index (κ1) is 18.7. The van der Waals surface area contributed by atoms with E-state index >= 15 is 0 Å². The van der Waals surface area contributed by atoms with Gasteiger partial charge in [0.2, 0.25) is 0 Å². The van der Waals surface area contributed by atoms with Crippen molar-refractivity contribution >= 4 is 11.1 Å². The summed E-state index contributed by atoms with van der Waals surface area (Å²) in [6.45, 7) is 6.41. The number of allylic oxidation sites excluding steroid dienone is 6. The van der Waals surface area contributed by atoms with Crippen molar-refractivity contribution in [3.63, 3.8) is 0 Å². The van der Waals surface area contributed by atoms with Crippen LogP contribution in [-0.4, -0.2) is 0 Å². The van der Waals surface area contributed by atoms with Crippen LogP contribution in [0.1, 0.15) is 30.5 Å². The Morgan fingerprint density at radius 1 is 0.704 bits per heavy atom. The maximum absolute atomic E-state index is 2.22. The van der Waals surface area contributed by atoms with Crippen molar-refractivity contribution in [1.82, 2.24) is 0 Å². The third-order valence-corrected chi connectivity index (χ3v) is 4.75.